The Morgan fingerprint density at radius 2 is 0.281 bits per heavy atom. The van der Waals surface area contributed by atoms with Gasteiger partial charge in [-0.3, -0.25) is 0 Å². The fraction of sp³-hybridized carbons (Fsp3) is 0. The molecule has 0 bridgehead atoms. The molecule has 170 valence electrons. The van der Waals surface area contributed by atoms with E-state index in [1.54, 1.807) is 0 Å². The standard InChI is InChI=1S/C18Cl14/c19-5-1(3-7(21)13(27)17(31)14(28)8(3)22)2(6(20)12(26)11(5)25)4-9(23)15(29)18(32)16(30)10(4)24. The maximum absolute atomic E-state index is 6.57. The second kappa shape index (κ2) is 10.6. The molecule has 3 rings (SSSR count). The van der Waals surface area contributed by atoms with Gasteiger partial charge in [0.15, 0.2) is 0 Å². The first kappa shape index (κ1) is 28.3. The van der Waals surface area contributed by atoms with Gasteiger partial charge in [-0.25, -0.2) is 0 Å². The summed E-state index contributed by atoms with van der Waals surface area (Å²) >= 11 is 88.9. The molecule has 3 aromatic carbocycles. The van der Waals surface area contributed by atoms with Crippen molar-refractivity contribution in [1.29, 1.82) is 0 Å². The van der Waals surface area contributed by atoms with Crippen molar-refractivity contribution in [2.45, 2.75) is 0 Å². The molecule has 14 heteroatoms. The lowest BCUT2D eigenvalue weighted by molar-refractivity contribution is 1.57. The van der Waals surface area contributed by atoms with Gasteiger partial charge in [-0.05, 0) is 0 Å². The first-order valence-corrected chi connectivity index (χ1v) is 12.9. The number of halogens is 14. The zero-order valence-corrected chi connectivity index (χ0v) is 24.9. The molecule has 0 aliphatic rings. The van der Waals surface area contributed by atoms with Crippen LogP contribution >= 0.6 is 162 Å². The SMILES string of the molecule is Clc1c(Cl)c(Cl)c(-c2c(Cl)c(Cl)c(Cl)c(Cl)c2-c2c(Cl)c(Cl)c(Cl)c(Cl)c2Cl)c(Cl)c1Cl. The smallest absolute Gasteiger partial charge is 0.0809 e. The van der Waals surface area contributed by atoms with Crippen molar-refractivity contribution in [3.8, 4) is 22.3 Å². The number of rotatable bonds is 2. The molecular formula is C18Cl14. The van der Waals surface area contributed by atoms with Crippen LogP contribution in [0.3, 0.4) is 0 Å². The van der Waals surface area contributed by atoms with Crippen molar-refractivity contribution < 1.29 is 0 Å². The first-order chi connectivity index (χ1) is 14.7. The van der Waals surface area contributed by atoms with Gasteiger partial charge in [0, 0.05) is 22.3 Å². The third kappa shape index (κ3) is 4.48. The number of hydrogen-bond donors (Lipinski definition) is 0. The molecule has 0 aliphatic heterocycles. The van der Waals surface area contributed by atoms with E-state index in [1.807, 2.05) is 0 Å². The van der Waals surface area contributed by atoms with Gasteiger partial charge in [0.05, 0.1) is 70.3 Å². The Balaban J connectivity index is 2.69. The van der Waals surface area contributed by atoms with Gasteiger partial charge in [-0.2, -0.15) is 0 Å². The summed E-state index contributed by atoms with van der Waals surface area (Å²) in [7, 11) is 0. The third-order valence-electron chi connectivity index (χ3n) is 4.19. The van der Waals surface area contributed by atoms with E-state index in [4.69, 9.17) is 162 Å². The first-order valence-electron chi connectivity index (χ1n) is 7.65. The molecule has 0 radical (unpaired) electrons. The van der Waals surface area contributed by atoms with Crippen molar-refractivity contribution >= 4 is 162 Å². The Hall–Kier alpha value is 1.72. The molecule has 0 heterocycles. The van der Waals surface area contributed by atoms with E-state index >= 15 is 0 Å². The summed E-state index contributed by atoms with van der Waals surface area (Å²) in [4.78, 5) is 0. The molecule has 0 atom stereocenters. The second-order valence-corrected chi connectivity index (χ2v) is 11.2. The Morgan fingerprint density at radius 3 is 0.469 bits per heavy atom. The summed E-state index contributed by atoms with van der Waals surface area (Å²) in [5, 5.41) is -1.50. The van der Waals surface area contributed by atoms with E-state index < -0.39 is 0 Å². The van der Waals surface area contributed by atoms with E-state index in [0.29, 0.717) is 0 Å². The molecule has 0 fully saturated rings. The Morgan fingerprint density at radius 1 is 0.156 bits per heavy atom. The van der Waals surface area contributed by atoms with Gasteiger partial charge in [0.25, 0.3) is 0 Å². The molecule has 3 aromatic rings. The highest BCUT2D eigenvalue weighted by atomic mass is 35.5. The summed E-state index contributed by atoms with van der Waals surface area (Å²) in [5.41, 5.74) is 0.143. The summed E-state index contributed by atoms with van der Waals surface area (Å²) in [6.07, 6.45) is 0. The molecule has 0 N–H and O–H groups in total. The predicted molar refractivity (Wildman–Crippen MR) is 147 cm³/mol. The topological polar surface area (TPSA) is 0 Å². The van der Waals surface area contributed by atoms with Gasteiger partial charge in [-0.1, -0.05) is 162 Å². The molecule has 0 unspecified atom stereocenters. The summed E-state index contributed by atoms with van der Waals surface area (Å²) < 4.78 is 0. The van der Waals surface area contributed by atoms with Crippen LogP contribution in [0.2, 0.25) is 70.3 Å². The van der Waals surface area contributed by atoms with Crippen LogP contribution in [0.4, 0.5) is 0 Å². The van der Waals surface area contributed by atoms with Gasteiger partial charge in [0.2, 0.25) is 0 Å². The molecule has 0 amide bonds. The fourth-order valence-corrected chi connectivity index (χ4v) is 6.45. The van der Waals surface area contributed by atoms with Gasteiger partial charge in [-0.15, -0.1) is 0 Å². The highest BCUT2D eigenvalue weighted by molar-refractivity contribution is 6.60. The van der Waals surface area contributed by atoms with Crippen LogP contribution in [-0.4, -0.2) is 0 Å². The molecule has 0 saturated heterocycles. The Labute approximate surface area is 252 Å². The van der Waals surface area contributed by atoms with E-state index in [2.05, 4.69) is 0 Å². The van der Waals surface area contributed by atoms with Crippen LogP contribution in [0.1, 0.15) is 0 Å². The minimum Gasteiger partial charge on any atom is -0.0819 e. The van der Waals surface area contributed by atoms with Crippen molar-refractivity contribution in [3.05, 3.63) is 70.3 Å². The average Bonchev–Trinajstić information content (AvgIpc) is 2.77. The summed E-state index contributed by atoms with van der Waals surface area (Å²) in [5.74, 6) is 0. The predicted octanol–water partition coefficient (Wildman–Crippen LogP) is 14.2. The molecule has 0 spiro atoms. The summed E-state index contributed by atoms with van der Waals surface area (Å²) in [6, 6.07) is 0. The zero-order chi connectivity index (χ0) is 24.4. The van der Waals surface area contributed by atoms with E-state index in [1.165, 1.54) is 0 Å². The van der Waals surface area contributed by atoms with Gasteiger partial charge in [0.1, 0.15) is 0 Å². The van der Waals surface area contributed by atoms with Crippen LogP contribution in [0, 0.1) is 0 Å². The van der Waals surface area contributed by atoms with Crippen LogP contribution in [0.5, 0.6) is 0 Å². The lowest BCUT2D eigenvalue weighted by atomic mass is 9.93. The monoisotopic (exact) mass is 706 g/mol. The van der Waals surface area contributed by atoms with Crippen molar-refractivity contribution in [2.24, 2.45) is 0 Å². The van der Waals surface area contributed by atoms with Crippen LogP contribution in [-0.2, 0) is 0 Å². The van der Waals surface area contributed by atoms with E-state index in [-0.39, 0.29) is 92.6 Å². The lowest BCUT2D eigenvalue weighted by Gasteiger charge is -2.22. The summed E-state index contributed by atoms with van der Waals surface area (Å²) in [6.45, 7) is 0. The van der Waals surface area contributed by atoms with Crippen molar-refractivity contribution in [1.82, 2.24) is 0 Å². The van der Waals surface area contributed by atoms with E-state index in [9.17, 15) is 0 Å². The minimum atomic E-state index is -0.122. The van der Waals surface area contributed by atoms with Crippen molar-refractivity contribution in [3.63, 3.8) is 0 Å². The molecule has 0 nitrogen and oxygen atoms in total. The molecule has 32 heavy (non-hydrogen) atoms. The van der Waals surface area contributed by atoms with Crippen molar-refractivity contribution in [2.75, 3.05) is 0 Å². The quantitative estimate of drug-likeness (QED) is 0.183. The molecular weight excluding hydrogens is 713 g/mol. The largest absolute Gasteiger partial charge is 0.0819 e. The molecule has 0 aliphatic carbocycles. The third-order valence-corrected chi connectivity index (χ3v) is 10.5. The molecule has 0 saturated carbocycles. The van der Waals surface area contributed by atoms with E-state index in [0.717, 1.165) is 0 Å². The highest BCUT2D eigenvalue weighted by Gasteiger charge is 2.32. The fourth-order valence-electron chi connectivity index (χ4n) is 2.75. The Bertz CT molecular complexity index is 1150. The minimum absolute atomic E-state index is 0.0301. The van der Waals surface area contributed by atoms with Crippen LogP contribution in [0.25, 0.3) is 22.3 Å². The maximum Gasteiger partial charge on any atom is 0.0809 e. The zero-order valence-electron chi connectivity index (χ0n) is 14.3. The van der Waals surface area contributed by atoms with Gasteiger partial charge >= 0.3 is 0 Å². The van der Waals surface area contributed by atoms with Crippen LogP contribution < -0.4 is 0 Å². The second-order valence-electron chi connectivity index (χ2n) is 5.90. The Kier molecular flexibility index (Phi) is 9.38. The maximum atomic E-state index is 6.57. The average molecular weight is 713 g/mol. The number of benzene rings is 3. The highest BCUT2D eigenvalue weighted by Crippen LogP contribution is 2.59. The molecule has 0 aromatic heterocycles. The number of hydrogen-bond acceptors (Lipinski definition) is 0. The lowest BCUT2D eigenvalue weighted by Crippen LogP contribution is -1.97. The van der Waals surface area contributed by atoms with Crippen LogP contribution in [0.15, 0.2) is 0 Å². The van der Waals surface area contributed by atoms with Gasteiger partial charge < -0.3 is 0 Å². The normalized spacial score (nSPS) is 11.4.